The van der Waals surface area contributed by atoms with Crippen LogP contribution in [0.4, 0.5) is 0 Å². The van der Waals surface area contributed by atoms with Gasteiger partial charge in [0.15, 0.2) is 0 Å². The van der Waals surface area contributed by atoms with Crippen molar-refractivity contribution in [2.75, 3.05) is 7.11 Å². The van der Waals surface area contributed by atoms with Crippen LogP contribution in [0.2, 0.25) is 5.02 Å². The van der Waals surface area contributed by atoms with Crippen molar-refractivity contribution in [3.8, 4) is 5.75 Å². The van der Waals surface area contributed by atoms with Crippen LogP contribution in [0.25, 0.3) is 0 Å². The summed E-state index contributed by atoms with van der Waals surface area (Å²) in [4.78, 5) is 11.3. The Hall–Kier alpha value is -2.04. The van der Waals surface area contributed by atoms with Gasteiger partial charge in [-0.05, 0) is 41.8 Å². The SMILES string of the molecule is COC(=O)[C@@H](N)Cc1ccc(OCc2ccc(Cl)cc2)cc1. The highest BCUT2D eigenvalue weighted by Crippen LogP contribution is 2.16. The van der Waals surface area contributed by atoms with Gasteiger partial charge in [-0.15, -0.1) is 0 Å². The molecule has 0 unspecified atom stereocenters. The predicted octanol–water partition coefficient (Wildman–Crippen LogP) is 2.96. The summed E-state index contributed by atoms with van der Waals surface area (Å²) < 4.78 is 10.3. The topological polar surface area (TPSA) is 61.5 Å². The summed E-state index contributed by atoms with van der Waals surface area (Å²) >= 11 is 5.84. The van der Waals surface area contributed by atoms with Crippen molar-refractivity contribution in [1.82, 2.24) is 0 Å². The van der Waals surface area contributed by atoms with Gasteiger partial charge in [0.05, 0.1) is 7.11 Å². The molecule has 4 nitrogen and oxygen atoms in total. The summed E-state index contributed by atoms with van der Waals surface area (Å²) in [5.74, 6) is 0.341. The second-order valence-corrected chi connectivity index (χ2v) is 5.33. The number of hydrogen-bond acceptors (Lipinski definition) is 4. The van der Waals surface area contributed by atoms with Crippen molar-refractivity contribution < 1.29 is 14.3 Å². The van der Waals surface area contributed by atoms with E-state index in [2.05, 4.69) is 4.74 Å². The number of esters is 1. The van der Waals surface area contributed by atoms with E-state index in [0.29, 0.717) is 18.1 Å². The van der Waals surface area contributed by atoms with E-state index in [1.807, 2.05) is 48.5 Å². The summed E-state index contributed by atoms with van der Waals surface area (Å²) in [5, 5.41) is 0.704. The van der Waals surface area contributed by atoms with E-state index in [1.54, 1.807) is 0 Å². The molecule has 0 aliphatic heterocycles. The molecule has 2 aromatic rings. The highest BCUT2D eigenvalue weighted by molar-refractivity contribution is 6.30. The van der Waals surface area contributed by atoms with Crippen LogP contribution in [0.15, 0.2) is 48.5 Å². The fourth-order valence-electron chi connectivity index (χ4n) is 1.96. The van der Waals surface area contributed by atoms with Crippen LogP contribution in [-0.4, -0.2) is 19.1 Å². The lowest BCUT2D eigenvalue weighted by Gasteiger charge is -2.10. The van der Waals surface area contributed by atoms with Gasteiger partial charge in [-0.1, -0.05) is 35.9 Å². The lowest BCUT2D eigenvalue weighted by molar-refractivity contribution is -0.142. The first-order chi connectivity index (χ1) is 10.6. The summed E-state index contributed by atoms with van der Waals surface area (Å²) in [6.07, 6.45) is 0.435. The van der Waals surface area contributed by atoms with Crippen LogP contribution >= 0.6 is 11.6 Å². The van der Waals surface area contributed by atoms with Crippen LogP contribution in [0, 0.1) is 0 Å². The van der Waals surface area contributed by atoms with Crippen molar-refractivity contribution in [1.29, 1.82) is 0 Å². The van der Waals surface area contributed by atoms with E-state index in [-0.39, 0.29) is 0 Å². The van der Waals surface area contributed by atoms with Crippen LogP contribution in [0.3, 0.4) is 0 Å². The van der Waals surface area contributed by atoms with E-state index in [1.165, 1.54) is 7.11 Å². The lowest BCUT2D eigenvalue weighted by atomic mass is 10.1. The van der Waals surface area contributed by atoms with Crippen LogP contribution < -0.4 is 10.5 Å². The number of carbonyl (C=O) groups is 1. The molecule has 0 spiro atoms. The minimum atomic E-state index is -0.647. The molecule has 0 aliphatic carbocycles. The Morgan fingerprint density at radius 1 is 1.09 bits per heavy atom. The Morgan fingerprint density at radius 2 is 1.68 bits per heavy atom. The van der Waals surface area contributed by atoms with Crippen molar-refractivity contribution in [2.45, 2.75) is 19.1 Å². The summed E-state index contributed by atoms with van der Waals surface area (Å²) in [7, 11) is 1.33. The first kappa shape index (κ1) is 16.3. The van der Waals surface area contributed by atoms with Crippen molar-refractivity contribution in [2.24, 2.45) is 5.73 Å². The molecule has 0 saturated carbocycles. The van der Waals surface area contributed by atoms with E-state index < -0.39 is 12.0 Å². The fourth-order valence-corrected chi connectivity index (χ4v) is 2.08. The van der Waals surface area contributed by atoms with Gasteiger partial charge in [-0.3, -0.25) is 4.79 Å². The molecule has 0 aromatic heterocycles. The zero-order chi connectivity index (χ0) is 15.9. The Labute approximate surface area is 134 Å². The Balaban J connectivity index is 1.89. The number of nitrogens with two attached hydrogens (primary N) is 1. The third-order valence-electron chi connectivity index (χ3n) is 3.20. The van der Waals surface area contributed by atoms with Crippen LogP contribution in [0.1, 0.15) is 11.1 Å². The first-order valence-corrected chi connectivity index (χ1v) is 7.26. The van der Waals surface area contributed by atoms with Crippen molar-refractivity contribution in [3.05, 3.63) is 64.7 Å². The summed E-state index contributed by atoms with van der Waals surface area (Å²) in [5.41, 5.74) is 7.73. The zero-order valence-electron chi connectivity index (χ0n) is 12.3. The summed E-state index contributed by atoms with van der Waals surface area (Å²) in [6.45, 7) is 0.470. The molecule has 116 valence electrons. The second-order valence-electron chi connectivity index (χ2n) is 4.89. The molecule has 0 bridgehead atoms. The maximum atomic E-state index is 11.3. The molecule has 0 radical (unpaired) electrons. The highest BCUT2D eigenvalue weighted by atomic mass is 35.5. The van der Waals surface area contributed by atoms with E-state index >= 15 is 0 Å². The molecular formula is C17H18ClNO3. The third-order valence-corrected chi connectivity index (χ3v) is 3.45. The number of halogens is 1. The largest absolute Gasteiger partial charge is 0.489 e. The molecule has 2 N–H and O–H groups in total. The summed E-state index contributed by atoms with van der Waals surface area (Å²) in [6, 6.07) is 14.4. The van der Waals surface area contributed by atoms with Gasteiger partial charge in [0.1, 0.15) is 18.4 Å². The first-order valence-electron chi connectivity index (χ1n) is 6.88. The van der Waals surface area contributed by atoms with Crippen LogP contribution in [-0.2, 0) is 22.6 Å². The normalized spacial score (nSPS) is 11.8. The molecule has 2 rings (SSSR count). The van der Waals surface area contributed by atoms with Gasteiger partial charge in [0.2, 0.25) is 0 Å². The highest BCUT2D eigenvalue weighted by Gasteiger charge is 2.13. The van der Waals surface area contributed by atoms with Gasteiger partial charge in [0, 0.05) is 5.02 Å². The van der Waals surface area contributed by atoms with E-state index in [4.69, 9.17) is 22.1 Å². The average Bonchev–Trinajstić information content (AvgIpc) is 2.55. The molecule has 5 heteroatoms. The van der Waals surface area contributed by atoms with E-state index in [0.717, 1.165) is 16.9 Å². The lowest BCUT2D eigenvalue weighted by Crippen LogP contribution is -2.33. The number of carbonyl (C=O) groups excluding carboxylic acids is 1. The third kappa shape index (κ3) is 4.76. The number of benzene rings is 2. The number of rotatable bonds is 6. The molecule has 1 atom stereocenters. The number of methoxy groups -OCH3 is 1. The molecule has 0 heterocycles. The number of hydrogen-bond donors (Lipinski definition) is 1. The fraction of sp³-hybridized carbons (Fsp3) is 0.235. The molecule has 0 saturated heterocycles. The van der Waals surface area contributed by atoms with Gasteiger partial charge >= 0.3 is 5.97 Å². The average molecular weight is 320 g/mol. The zero-order valence-corrected chi connectivity index (χ0v) is 13.0. The standard InChI is InChI=1S/C17H18ClNO3/c1-21-17(20)16(19)10-12-4-8-15(9-5-12)22-11-13-2-6-14(18)7-3-13/h2-9,16H,10-11,19H2,1H3/t16-/m0/s1. The second kappa shape index (κ2) is 7.82. The molecule has 0 amide bonds. The minimum Gasteiger partial charge on any atom is -0.489 e. The van der Waals surface area contributed by atoms with Gasteiger partial charge in [-0.25, -0.2) is 0 Å². The van der Waals surface area contributed by atoms with Crippen molar-refractivity contribution in [3.63, 3.8) is 0 Å². The van der Waals surface area contributed by atoms with Crippen molar-refractivity contribution >= 4 is 17.6 Å². The molecular weight excluding hydrogens is 302 g/mol. The maximum absolute atomic E-state index is 11.3. The predicted molar refractivity (Wildman–Crippen MR) is 85.9 cm³/mol. The molecule has 2 aromatic carbocycles. The minimum absolute atomic E-state index is 0.414. The van der Waals surface area contributed by atoms with E-state index in [9.17, 15) is 4.79 Å². The van der Waals surface area contributed by atoms with Gasteiger partial charge < -0.3 is 15.2 Å². The smallest absolute Gasteiger partial charge is 0.322 e. The molecule has 0 aliphatic rings. The Kier molecular flexibility index (Phi) is 5.81. The molecule has 22 heavy (non-hydrogen) atoms. The maximum Gasteiger partial charge on any atom is 0.322 e. The Morgan fingerprint density at radius 3 is 2.27 bits per heavy atom. The van der Waals surface area contributed by atoms with Gasteiger partial charge in [-0.2, -0.15) is 0 Å². The quantitative estimate of drug-likeness (QED) is 0.832. The molecule has 0 fully saturated rings. The monoisotopic (exact) mass is 319 g/mol. The van der Waals surface area contributed by atoms with Gasteiger partial charge in [0.25, 0.3) is 0 Å². The Bertz CT molecular complexity index is 611. The van der Waals surface area contributed by atoms with Crippen LogP contribution in [0.5, 0.6) is 5.75 Å². The number of ether oxygens (including phenoxy) is 2.